The normalized spacial score (nSPS) is 21.2. The maximum atomic E-state index is 11.5. The summed E-state index contributed by atoms with van der Waals surface area (Å²) in [4.78, 5) is 11.3. The highest BCUT2D eigenvalue weighted by molar-refractivity contribution is 7.89. The minimum absolute atomic E-state index is 0.109. The minimum Gasteiger partial charge on any atom is -0.320 e. The smallest absolute Gasteiger partial charge is 0.237 e. The molecule has 14 heavy (non-hydrogen) atoms. The summed E-state index contributed by atoms with van der Waals surface area (Å²) < 4.78 is 24.0. The molecule has 0 aromatic rings. The van der Waals surface area contributed by atoms with Gasteiger partial charge in [0.15, 0.2) is 0 Å². The highest BCUT2D eigenvalue weighted by atomic mass is 32.2. The van der Waals surface area contributed by atoms with Crippen LogP contribution < -0.4 is 5.32 Å². The molecule has 0 spiro atoms. The van der Waals surface area contributed by atoms with Gasteiger partial charge in [-0.1, -0.05) is 0 Å². The van der Waals surface area contributed by atoms with Gasteiger partial charge < -0.3 is 5.32 Å². The van der Waals surface area contributed by atoms with Crippen LogP contribution in [-0.4, -0.2) is 44.5 Å². The molecule has 6 heteroatoms. The highest BCUT2D eigenvalue weighted by Gasteiger charge is 2.30. The van der Waals surface area contributed by atoms with Gasteiger partial charge in [0.1, 0.15) is 0 Å². The molecule has 1 aliphatic heterocycles. The van der Waals surface area contributed by atoms with Crippen molar-refractivity contribution in [1.29, 1.82) is 0 Å². The van der Waals surface area contributed by atoms with E-state index in [1.165, 1.54) is 0 Å². The molecule has 0 atom stereocenters. The zero-order valence-corrected chi connectivity index (χ0v) is 9.14. The molecule has 1 N–H and O–H groups in total. The van der Waals surface area contributed by atoms with Gasteiger partial charge >= 0.3 is 0 Å². The van der Waals surface area contributed by atoms with Crippen LogP contribution in [0.3, 0.4) is 0 Å². The number of rotatable bonds is 4. The second-order valence-electron chi connectivity index (χ2n) is 3.34. The SMILES string of the molecule is CNCCCN1C(=O)CCCS1(=O)=O. The molecule has 0 saturated carbocycles. The minimum atomic E-state index is -3.30. The molecule has 1 heterocycles. The van der Waals surface area contributed by atoms with Crippen LogP contribution >= 0.6 is 0 Å². The van der Waals surface area contributed by atoms with E-state index in [4.69, 9.17) is 0 Å². The van der Waals surface area contributed by atoms with Crippen LogP contribution in [0.5, 0.6) is 0 Å². The molecule has 0 aromatic carbocycles. The van der Waals surface area contributed by atoms with Crippen LogP contribution in [0.1, 0.15) is 19.3 Å². The van der Waals surface area contributed by atoms with Gasteiger partial charge in [0.25, 0.3) is 0 Å². The van der Waals surface area contributed by atoms with Gasteiger partial charge in [0.05, 0.1) is 5.75 Å². The van der Waals surface area contributed by atoms with Crippen LogP contribution in [0.15, 0.2) is 0 Å². The van der Waals surface area contributed by atoms with Gasteiger partial charge in [-0.25, -0.2) is 12.7 Å². The van der Waals surface area contributed by atoms with Crippen molar-refractivity contribution in [2.24, 2.45) is 0 Å². The van der Waals surface area contributed by atoms with Crippen molar-refractivity contribution in [3.63, 3.8) is 0 Å². The van der Waals surface area contributed by atoms with Crippen LogP contribution in [0.2, 0.25) is 0 Å². The van der Waals surface area contributed by atoms with Crippen molar-refractivity contribution in [2.75, 3.05) is 25.9 Å². The van der Waals surface area contributed by atoms with Crippen LogP contribution in [-0.2, 0) is 14.8 Å². The third-order valence-corrected chi connectivity index (χ3v) is 4.06. The van der Waals surface area contributed by atoms with E-state index in [9.17, 15) is 13.2 Å². The monoisotopic (exact) mass is 220 g/mol. The van der Waals surface area contributed by atoms with Gasteiger partial charge in [0.2, 0.25) is 15.9 Å². The molecule has 5 nitrogen and oxygen atoms in total. The predicted molar refractivity (Wildman–Crippen MR) is 53.3 cm³/mol. The number of amides is 1. The Morgan fingerprint density at radius 3 is 2.79 bits per heavy atom. The molecule has 1 rings (SSSR count). The number of sulfonamides is 1. The standard InChI is InChI=1S/C8H16N2O3S/c1-9-5-3-6-10-8(11)4-2-7-14(10,12)13/h9H,2-7H2,1H3. The Morgan fingerprint density at radius 2 is 2.21 bits per heavy atom. The van der Waals surface area contributed by atoms with Crippen molar-refractivity contribution in [2.45, 2.75) is 19.3 Å². The van der Waals surface area contributed by atoms with E-state index < -0.39 is 10.0 Å². The fourth-order valence-electron chi connectivity index (χ4n) is 1.46. The van der Waals surface area contributed by atoms with E-state index in [0.29, 0.717) is 25.8 Å². The summed E-state index contributed by atoms with van der Waals surface area (Å²) >= 11 is 0. The van der Waals surface area contributed by atoms with E-state index in [-0.39, 0.29) is 11.7 Å². The molecule has 1 saturated heterocycles. The Labute approximate surface area is 84.5 Å². The van der Waals surface area contributed by atoms with Gasteiger partial charge in [-0.3, -0.25) is 4.79 Å². The lowest BCUT2D eigenvalue weighted by atomic mass is 10.3. The number of nitrogens with zero attached hydrogens (tertiary/aromatic N) is 1. The molecule has 1 fully saturated rings. The first-order valence-electron chi connectivity index (χ1n) is 4.76. The molecule has 0 unspecified atom stereocenters. The topological polar surface area (TPSA) is 66.5 Å². The molecular formula is C8H16N2O3S. The first kappa shape index (κ1) is 11.5. The first-order chi connectivity index (χ1) is 6.58. The largest absolute Gasteiger partial charge is 0.320 e. The Bertz CT molecular complexity index is 300. The van der Waals surface area contributed by atoms with Gasteiger partial charge in [0, 0.05) is 13.0 Å². The maximum Gasteiger partial charge on any atom is 0.237 e. The lowest BCUT2D eigenvalue weighted by Crippen LogP contribution is -2.43. The summed E-state index contributed by atoms with van der Waals surface area (Å²) in [5.41, 5.74) is 0. The average Bonchev–Trinajstić information content (AvgIpc) is 2.09. The van der Waals surface area contributed by atoms with Crippen LogP contribution in [0, 0.1) is 0 Å². The summed E-state index contributed by atoms with van der Waals surface area (Å²) in [6.07, 6.45) is 1.49. The second-order valence-corrected chi connectivity index (χ2v) is 5.36. The summed E-state index contributed by atoms with van der Waals surface area (Å²) in [5, 5.41) is 2.92. The molecule has 1 amide bonds. The van der Waals surface area contributed by atoms with Crippen molar-refractivity contribution in [1.82, 2.24) is 9.62 Å². The lowest BCUT2D eigenvalue weighted by Gasteiger charge is -2.26. The zero-order chi connectivity index (χ0) is 10.6. The van der Waals surface area contributed by atoms with Crippen molar-refractivity contribution >= 4 is 15.9 Å². The van der Waals surface area contributed by atoms with E-state index in [2.05, 4.69) is 5.32 Å². The van der Waals surface area contributed by atoms with Crippen molar-refractivity contribution in [3.8, 4) is 0 Å². The van der Waals surface area contributed by atoms with E-state index >= 15 is 0 Å². The van der Waals surface area contributed by atoms with Gasteiger partial charge in [-0.15, -0.1) is 0 Å². The van der Waals surface area contributed by atoms with E-state index in [0.717, 1.165) is 10.8 Å². The third-order valence-electron chi connectivity index (χ3n) is 2.19. The molecule has 0 radical (unpaired) electrons. The quantitative estimate of drug-likeness (QED) is 0.652. The Kier molecular flexibility index (Phi) is 3.88. The number of carbonyl (C=O) groups is 1. The summed E-state index contributed by atoms with van der Waals surface area (Å²) in [6.45, 7) is 1.03. The highest BCUT2D eigenvalue weighted by Crippen LogP contribution is 2.14. The number of carbonyl (C=O) groups excluding carboxylic acids is 1. The molecule has 0 aromatic heterocycles. The van der Waals surface area contributed by atoms with E-state index in [1.54, 1.807) is 7.05 Å². The van der Waals surface area contributed by atoms with E-state index in [1.807, 2.05) is 0 Å². The Hall–Kier alpha value is -0.620. The lowest BCUT2D eigenvalue weighted by molar-refractivity contribution is -0.127. The molecular weight excluding hydrogens is 204 g/mol. The maximum absolute atomic E-state index is 11.5. The fourth-order valence-corrected chi connectivity index (χ4v) is 3.00. The molecule has 82 valence electrons. The summed E-state index contributed by atoms with van der Waals surface area (Å²) in [7, 11) is -1.50. The number of hydrogen-bond donors (Lipinski definition) is 1. The first-order valence-corrected chi connectivity index (χ1v) is 6.36. The van der Waals surface area contributed by atoms with Crippen LogP contribution in [0.4, 0.5) is 0 Å². The Morgan fingerprint density at radius 1 is 1.50 bits per heavy atom. The third kappa shape index (κ3) is 2.68. The summed E-state index contributed by atoms with van der Waals surface area (Å²) in [5.74, 6) is -0.148. The summed E-state index contributed by atoms with van der Waals surface area (Å²) in [6, 6.07) is 0. The molecule has 1 aliphatic rings. The van der Waals surface area contributed by atoms with Gasteiger partial charge in [-0.2, -0.15) is 0 Å². The number of hydrogen-bond acceptors (Lipinski definition) is 4. The Balaban J connectivity index is 2.57. The van der Waals surface area contributed by atoms with Crippen molar-refractivity contribution in [3.05, 3.63) is 0 Å². The van der Waals surface area contributed by atoms with Gasteiger partial charge in [-0.05, 0) is 26.4 Å². The van der Waals surface area contributed by atoms with Crippen molar-refractivity contribution < 1.29 is 13.2 Å². The average molecular weight is 220 g/mol. The predicted octanol–water partition coefficient (Wildman–Crippen LogP) is -0.452. The molecule has 0 aliphatic carbocycles. The molecule has 0 bridgehead atoms. The number of nitrogens with one attached hydrogen (secondary N) is 1. The zero-order valence-electron chi connectivity index (χ0n) is 8.32. The fraction of sp³-hybridized carbons (Fsp3) is 0.875. The van der Waals surface area contributed by atoms with Crippen LogP contribution in [0.25, 0.3) is 0 Å². The second kappa shape index (κ2) is 4.75.